The highest BCUT2D eigenvalue weighted by Gasteiger charge is 2.36. The van der Waals surface area contributed by atoms with Crippen molar-refractivity contribution in [3.8, 4) is 0 Å². The van der Waals surface area contributed by atoms with E-state index in [1.54, 1.807) is 13.8 Å². The Labute approximate surface area is 83.9 Å². The number of rotatable bonds is 2. The van der Waals surface area contributed by atoms with E-state index in [0.29, 0.717) is 13.0 Å². The number of nitrogens with one attached hydrogen (secondary N) is 1. The molecule has 0 aromatic heterocycles. The molecule has 14 heavy (non-hydrogen) atoms. The maximum absolute atomic E-state index is 11.1. The van der Waals surface area contributed by atoms with Crippen molar-refractivity contribution in [2.75, 3.05) is 6.61 Å². The highest BCUT2D eigenvalue weighted by atomic mass is 16.5. The lowest BCUT2D eigenvalue weighted by molar-refractivity contribution is -0.137. The molecule has 80 valence electrons. The zero-order valence-electron chi connectivity index (χ0n) is 8.83. The van der Waals surface area contributed by atoms with E-state index in [2.05, 4.69) is 5.32 Å². The molecule has 0 aromatic rings. The van der Waals surface area contributed by atoms with Crippen molar-refractivity contribution in [1.29, 1.82) is 0 Å². The number of carbonyl (C=O) groups is 1. The SMILES string of the molecule is CCOC(=O)/C=C1/CC(C)(O)C(C)N1. The average Bonchev–Trinajstić information content (AvgIpc) is 2.25. The minimum Gasteiger partial charge on any atom is -0.463 e. The van der Waals surface area contributed by atoms with Crippen molar-refractivity contribution in [1.82, 2.24) is 5.32 Å². The molecule has 1 aliphatic rings. The first-order valence-electron chi connectivity index (χ1n) is 4.82. The van der Waals surface area contributed by atoms with Gasteiger partial charge in [0, 0.05) is 18.2 Å². The zero-order chi connectivity index (χ0) is 10.8. The second-order valence-electron chi connectivity index (χ2n) is 3.82. The largest absolute Gasteiger partial charge is 0.463 e. The summed E-state index contributed by atoms with van der Waals surface area (Å²) >= 11 is 0. The van der Waals surface area contributed by atoms with Crippen molar-refractivity contribution < 1.29 is 14.6 Å². The molecule has 2 unspecified atom stereocenters. The summed E-state index contributed by atoms with van der Waals surface area (Å²) in [5.74, 6) is -0.361. The summed E-state index contributed by atoms with van der Waals surface area (Å²) < 4.78 is 4.77. The summed E-state index contributed by atoms with van der Waals surface area (Å²) in [5, 5.41) is 12.9. The maximum atomic E-state index is 11.1. The maximum Gasteiger partial charge on any atom is 0.332 e. The second kappa shape index (κ2) is 4.00. The fraction of sp³-hybridized carbons (Fsp3) is 0.700. The molecule has 0 amide bonds. The monoisotopic (exact) mass is 199 g/mol. The van der Waals surface area contributed by atoms with Crippen LogP contribution in [-0.2, 0) is 9.53 Å². The van der Waals surface area contributed by atoms with E-state index < -0.39 is 5.60 Å². The fourth-order valence-electron chi connectivity index (χ4n) is 1.44. The van der Waals surface area contributed by atoms with Crippen LogP contribution >= 0.6 is 0 Å². The van der Waals surface area contributed by atoms with Gasteiger partial charge in [-0.05, 0) is 20.8 Å². The van der Waals surface area contributed by atoms with Crippen molar-refractivity contribution in [2.45, 2.75) is 38.8 Å². The molecule has 4 heteroatoms. The second-order valence-corrected chi connectivity index (χ2v) is 3.82. The van der Waals surface area contributed by atoms with Crippen LogP contribution in [0.5, 0.6) is 0 Å². The molecule has 0 radical (unpaired) electrons. The van der Waals surface area contributed by atoms with Gasteiger partial charge in [0.05, 0.1) is 18.2 Å². The Balaban J connectivity index is 2.61. The Kier molecular flexibility index (Phi) is 3.16. The van der Waals surface area contributed by atoms with Gasteiger partial charge in [-0.3, -0.25) is 0 Å². The molecular formula is C10H17NO3. The van der Waals surface area contributed by atoms with Gasteiger partial charge >= 0.3 is 5.97 Å². The summed E-state index contributed by atoms with van der Waals surface area (Å²) in [6, 6.07) is -0.0387. The van der Waals surface area contributed by atoms with Gasteiger partial charge in [-0.15, -0.1) is 0 Å². The van der Waals surface area contributed by atoms with E-state index >= 15 is 0 Å². The standard InChI is InChI=1S/C10H17NO3/c1-4-14-9(12)5-8-6-10(3,13)7(2)11-8/h5,7,11,13H,4,6H2,1-3H3/b8-5-. The van der Waals surface area contributed by atoms with Crippen molar-refractivity contribution >= 4 is 5.97 Å². The summed E-state index contributed by atoms with van der Waals surface area (Å²) in [4.78, 5) is 11.1. The van der Waals surface area contributed by atoms with Crippen LogP contribution in [0.2, 0.25) is 0 Å². The summed E-state index contributed by atoms with van der Waals surface area (Å²) in [6.45, 7) is 5.76. The third-order valence-electron chi connectivity index (χ3n) is 2.46. The molecule has 0 aromatic carbocycles. The van der Waals surface area contributed by atoms with Crippen molar-refractivity contribution in [2.24, 2.45) is 0 Å². The Bertz CT molecular complexity index is 258. The summed E-state index contributed by atoms with van der Waals surface area (Å²) in [5.41, 5.74) is -0.0424. The van der Waals surface area contributed by atoms with E-state index in [0.717, 1.165) is 5.70 Å². The quantitative estimate of drug-likeness (QED) is 0.504. The molecule has 1 aliphatic heterocycles. The lowest BCUT2D eigenvalue weighted by Crippen LogP contribution is -2.36. The van der Waals surface area contributed by atoms with Crippen LogP contribution < -0.4 is 5.32 Å². The number of hydrogen-bond donors (Lipinski definition) is 2. The predicted octanol–water partition coefficient (Wildman–Crippen LogP) is 0.566. The Morgan fingerprint density at radius 1 is 1.86 bits per heavy atom. The highest BCUT2D eigenvalue weighted by Crippen LogP contribution is 2.26. The van der Waals surface area contributed by atoms with E-state index in [1.807, 2.05) is 6.92 Å². The first kappa shape index (κ1) is 11.0. The molecule has 1 heterocycles. The molecular weight excluding hydrogens is 182 g/mol. The van der Waals surface area contributed by atoms with Gasteiger partial charge in [0.25, 0.3) is 0 Å². The van der Waals surface area contributed by atoms with Crippen LogP contribution in [0.25, 0.3) is 0 Å². The topological polar surface area (TPSA) is 58.6 Å². The van der Waals surface area contributed by atoms with Gasteiger partial charge < -0.3 is 15.2 Å². The molecule has 4 nitrogen and oxygen atoms in total. The number of carbonyl (C=O) groups excluding carboxylic acids is 1. The van der Waals surface area contributed by atoms with Crippen LogP contribution in [-0.4, -0.2) is 29.3 Å². The van der Waals surface area contributed by atoms with Crippen LogP contribution in [0.1, 0.15) is 27.2 Å². The van der Waals surface area contributed by atoms with E-state index in [1.165, 1.54) is 6.08 Å². The van der Waals surface area contributed by atoms with Crippen LogP contribution in [0.15, 0.2) is 11.8 Å². The van der Waals surface area contributed by atoms with Gasteiger partial charge in [0.15, 0.2) is 0 Å². The van der Waals surface area contributed by atoms with E-state index in [-0.39, 0.29) is 12.0 Å². The lowest BCUT2D eigenvalue weighted by Gasteiger charge is -2.19. The van der Waals surface area contributed by atoms with Gasteiger partial charge in [0.2, 0.25) is 0 Å². The predicted molar refractivity (Wildman–Crippen MR) is 52.6 cm³/mol. The molecule has 0 spiro atoms. The number of ether oxygens (including phenoxy) is 1. The Hall–Kier alpha value is -1.03. The van der Waals surface area contributed by atoms with E-state index in [9.17, 15) is 9.90 Å². The Morgan fingerprint density at radius 2 is 2.50 bits per heavy atom. The Morgan fingerprint density at radius 3 is 2.93 bits per heavy atom. The van der Waals surface area contributed by atoms with Gasteiger partial charge in [-0.2, -0.15) is 0 Å². The molecule has 0 aliphatic carbocycles. The average molecular weight is 199 g/mol. The van der Waals surface area contributed by atoms with Crippen LogP contribution in [0, 0.1) is 0 Å². The number of aliphatic hydroxyl groups is 1. The molecule has 1 rings (SSSR count). The highest BCUT2D eigenvalue weighted by molar-refractivity contribution is 5.82. The van der Waals surface area contributed by atoms with Gasteiger partial charge in [0.1, 0.15) is 0 Å². The lowest BCUT2D eigenvalue weighted by atomic mass is 9.98. The van der Waals surface area contributed by atoms with Crippen molar-refractivity contribution in [3.05, 3.63) is 11.8 Å². The molecule has 0 bridgehead atoms. The molecule has 1 saturated heterocycles. The minimum atomic E-state index is -0.779. The van der Waals surface area contributed by atoms with E-state index in [4.69, 9.17) is 4.74 Å². The number of esters is 1. The third kappa shape index (κ3) is 2.48. The fourth-order valence-corrected chi connectivity index (χ4v) is 1.44. The first-order chi connectivity index (χ1) is 6.45. The molecule has 0 saturated carbocycles. The van der Waals surface area contributed by atoms with Gasteiger partial charge in [-0.25, -0.2) is 4.79 Å². The molecule has 1 fully saturated rings. The number of hydrogen-bond acceptors (Lipinski definition) is 4. The first-order valence-corrected chi connectivity index (χ1v) is 4.82. The van der Waals surface area contributed by atoms with Crippen molar-refractivity contribution in [3.63, 3.8) is 0 Å². The third-order valence-corrected chi connectivity index (χ3v) is 2.46. The smallest absolute Gasteiger partial charge is 0.332 e. The van der Waals surface area contributed by atoms with Crippen LogP contribution in [0.4, 0.5) is 0 Å². The van der Waals surface area contributed by atoms with Gasteiger partial charge in [-0.1, -0.05) is 0 Å². The normalized spacial score (nSPS) is 34.3. The summed E-state index contributed by atoms with van der Waals surface area (Å²) in [6.07, 6.45) is 1.87. The molecule has 2 atom stereocenters. The van der Waals surface area contributed by atoms with Crippen LogP contribution in [0.3, 0.4) is 0 Å². The summed E-state index contributed by atoms with van der Waals surface area (Å²) in [7, 11) is 0. The molecule has 2 N–H and O–H groups in total. The minimum absolute atomic E-state index is 0.0387. The zero-order valence-corrected chi connectivity index (χ0v) is 8.83.